The van der Waals surface area contributed by atoms with E-state index in [0.29, 0.717) is 5.96 Å². The van der Waals surface area contributed by atoms with E-state index in [1.54, 1.807) is 0 Å². The van der Waals surface area contributed by atoms with E-state index in [1.165, 1.54) is 5.56 Å². The van der Waals surface area contributed by atoms with Gasteiger partial charge in [0.25, 0.3) is 0 Å². The summed E-state index contributed by atoms with van der Waals surface area (Å²) in [5, 5.41) is 2.95. The van der Waals surface area contributed by atoms with Crippen LogP contribution in [0.3, 0.4) is 0 Å². The van der Waals surface area contributed by atoms with Crippen molar-refractivity contribution in [2.45, 2.75) is 19.6 Å². The molecule has 1 aromatic heterocycles. The zero-order chi connectivity index (χ0) is 11.5. The molecule has 0 spiro atoms. The summed E-state index contributed by atoms with van der Waals surface area (Å²) < 4.78 is 0. The Morgan fingerprint density at radius 1 is 1.50 bits per heavy atom. The summed E-state index contributed by atoms with van der Waals surface area (Å²) in [5.74, 6) is 1.17. The van der Waals surface area contributed by atoms with Crippen LogP contribution in [0.1, 0.15) is 12.5 Å². The van der Waals surface area contributed by atoms with Gasteiger partial charge < -0.3 is 15.6 Å². The fourth-order valence-electron chi connectivity index (χ4n) is 1.59. The van der Waals surface area contributed by atoms with Gasteiger partial charge in [0.15, 0.2) is 5.96 Å². The molecule has 2 heterocycles. The maximum atomic E-state index is 5.65. The van der Waals surface area contributed by atoms with Crippen molar-refractivity contribution < 1.29 is 0 Å². The van der Waals surface area contributed by atoms with Crippen molar-refractivity contribution >= 4 is 11.9 Å². The molecule has 1 aliphatic heterocycles. The number of aromatic amines is 1. The molecule has 6 heteroatoms. The molecule has 0 saturated carbocycles. The Hall–Kier alpha value is -1.98. The number of hydrogen-bond donors (Lipinski definition) is 3. The van der Waals surface area contributed by atoms with Gasteiger partial charge in [0, 0.05) is 26.0 Å². The number of H-pyrrole nitrogens is 1. The molecular formula is C10H16N6. The molecule has 0 amide bonds. The molecule has 1 aliphatic rings. The third-order valence-electron chi connectivity index (χ3n) is 2.32. The molecule has 1 aromatic rings. The summed E-state index contributed by atoms with van der Waals surface area (Å²) >= 11 is 0. The van der Waals surface area contributed by atoms with E-state index in [4.69, 9.17) is 5.73 Å². The minimum absolute atomic E-state index is 0.120. The maximum absolute atomic E-state index is 5.65. The Labute approximate surface area is 94.3 Å². The predicted octanol–water partition coefficient (Wildman–Crippen LogP) is 0.0664. The fourth-order valence-corrected chi connectivity index (χ4v) is 1.59. The van der Waals surface area contributed by atoms with E-state index in [2.05, 4.69) is 20.3 Å². The lowest BCUT2D eigenvalue weighted by Gasteiger charge is -2.25. The lowest BCUT2D eigenvalue weighted by Crippen LogP contribution is -2.48. The normalized spacial score (nSPS) is 19.8. The topological polar surface area (TPSA) is 81.8 Å². The molecule has 2 rings (SSSR count). The van der Waals surface area contributed by atoms with Crippen molar-refractivity contribution in [2.75, 3.05) is 7.05 Å². The van der Waals surface area contributed by atoms with Gasteiger partial charge in [-0.25, -0.2) is 9.98 Å². The molecule has 0 fully saturated rings. The molecule has 0 bridgehead atoms. The molecule has 4 N–H and O–H groups in total. The smallest absolute Gasteiger partial charge is 0.202 e. The second-order valence-electron chi connectivity index (χ2n) is 3.80. The minimum Gasteiger partial charge on any atom is -0.370 e. The van der Waals surface area contributed by atoms with Crippen LogP contribution in [0.2, 0.25) is 0 Å². The third-order valence-corrected chi connectivity index (χ3v) is 2.32. The maximum Gasteiger partial charge on any atom is 0.202 e. The third kappa shape index (κ3) is 2.33. The monoisotopic (exact) mass is 220 g/mol. The molecule has 0 aliphatic carbocycles. The van der Waals surface area contributed by atoms with Crippen molar-refractivity contribution in [1.82, 2.24) is 15.2 Å². The van der Waals surface area contributed by atoms with Crippen molar-refractivity contribution in [3.8, 4) is 0 Å². The van der Waals surface area contributed by atoms with Crippen LogP contribution in [0.25, 0.3) is 0 Å². The van der Waals surface area contributed by atoms with Crippen molar-refractivity contribution in [3.63, 3.8) is 0 Å². The molecule has 0 saturated heterocycles. The minimum atomic E-state index is -0.120. The van der Waals surface area contributed by atoms with Crippen molar-refractivity contribution in [1.29, 1.82) is 0 Å². The Morgan fingerprint density at radius 2 is 2.31 bits per heavy atom. The van der Waals surface area contributed by atoms with Crippen LogP contribution in [0, 0.1) is 0 Å². The highest BCUT2D eigenvalue weighted by Gasteiger charge is 2.14. The second-order valence-corrected chi connectivity index (χ2v) is 3.80. The van der Waals surface area contributed by atoms with Gasteiger partial charge in [-0.05, 0) is 18.6 Å². The SMILES string of the molecule is CC1N=C(N)NC(N(C)Cc2cc[nH]c2)=N1. The Balaban J connectivity index is 2.02. The molecule has 0 aromatic carbocycles. The average molecular weight is 220 g/mol. The molecule has 0 radical (unpaired) electrons. The summed E-state index contributed by atoms with van der Waals surface area (Å²) in [6.07, 6.45) is 3.74. The van der Waals surface area contributed by atoms with Crippen LogP contribution in [0.15, 0.2) is 28.4 Å². The van der Waals surface area contributed by atoms with Crippen LogP contribution in [0.4, 0.5) is 0 Å². The van der Waals surface area contributed by atoms with Crippen molar-refractivity contribution in [2.24, 2.45) is 15.7 Å². The van der Waals surface area contributed by atoms with E-state index < -0.39 is 0 Å². The van der Waals surface area contributed by atoms with E-state index in [-0.39, 0.29) is 6.17 Å². The number of aromatic nitrogens is 1. The fraction of sp³-hybridized carbons (Fsp3) is 0.400. The zero-order valence-corrected chi connectivity index (χ0v) is 9.44. The molecule has 86 valence electrons. The highest BCUT2D eigenvalue weighted by Crippen LogP contribution is 2.04. The van der Waals surface area contributed by atoms with Gasteiger partial charge in [0.2, 0.25) is 5.96 Å². The van der Waals surface area contributed by atoms with Gasteiger partial charge in [-0.2, -0.15) is 0 Å². The standard InChI is InChI=1S/C10H16N6/c1-7-13-9(11)15-10(14-7)16(2)6-8-3-4-12-5-8/h3-5,7,12H,6H2,1-2H3,(H3,11,13,14,15). The highest BCUT2D eigenvalue weighted by atomic mass is 15.4. The summed E-state index contributed by atoms with van der Waals surface area (Å²) in [4.78, 5) is 13.5. The van der Waals surface area contributed by atoms with Gasteiger partial charge >= 0.3 is 0 Å². The number of aliphatic imine (C=N–C) groups is 2. The van der Waals surface area contributed by atoms with Crippen LogP contribution < -0.4 is 11.1 Å². The molecule has 1 unspecified atom stereocenters. The number of hydrogen-bond acceptors (Lipinski definition) is 5. The summed E-state index contributed by atoms with van der Waals surface area (Å²) in [7, 11) is 1.96. The van der Waals surface area contributed by atoms with Crippen LogP contribution >= 0.6 is 0 Å². The van der Waals surface area contributed by atoms with Gasteiger partial charge in [0.1, 0.15) is 6.17 Å². The predicted molar refractivity (Wildman–Crippen MR) is 63.9 cm³/mol. The molecule has 1 atom stereocenters. The lowest BCUT2D eigenvalue weighted by atomic mass is 10.3. The first-order chi connectivity index (χ1) is 7.65. The number of guanidine groups is 2. The first kappa shape index (κ1) is 10.5. The largest absolute Gasteiger partial charge is 0.370 e. The van der Waals surface area contributed by atoms with Gasteiger partial charge in [-0.3, -0.25) is 5.32 Å². The summed E-state index contributed by atoms with van der Waals surface area (Å²) in [5.41, 5.74) is 6.85. The first-order valence-electron chi connectivity index (χ1n) is 5.16. The van der Waals surface area contributed by atoms with E-state index in [1.807, 2.05) is 37.3 Å². The van der Waals surface area contributed by atoms with Gasteiger partial charge in [-0.1, -0.05) is 0 Å². The summed E-state index contributed by atoms with van der Waals surface area (Å²) in [6.45, 7) is 2.67. The highest BCUT2D eigenvalue weighted by molar-refractivity contribution is 5.99. The average Bonchev–Trinajstić information content (AvgIpc) is 2.68. The Kier molecular flexibility index (Phi) is 2.80. The molecule has 6 nitrogen and oxygen atoms in total. The number of rotatable bonds is 2. The Morgan fingerprint density at radius 3 is 2.94 bits per heavy atom. The number of nitrogens with two attached hydrogens (primary N) is 1. The first-order valence-corrected chi connectivity index (χ1v) is 5.16. The zero-order valence-electron chi connectivity index (χ0n) is 9.44. The second kappa shape index (κ2) is 4.26. The number of nitrogens with zero attached hydrogens (tertiary/aromatic N) is 3. The Bertz CT molecular complexity index is 405. The lowest BCUT2D eigenvalue weighted by molar-refractivity contribution is 0.478. The molecule has 16 heavy (non-hydrogen) atoms. The van der Waals surface area contributed by atoms with E-state index in [0.717, 1.165) is 12.5 Å². The van der Waals surface area contributed by atoms with Crippen LogP contribution in [0.5, 0.6) is 0 Å². The number of nitrogens with one attached hydrogen (secondary N) is 2. The quantitative estimate of drug-likeness (QED) is 0.659. The van der Waals surface area contributed by atoms with Crippen LogP contribution in [-0.2, 0) is 6.54 Å². The van der Waals surface area contributed by atoms with E-state index >= 15 is 0 Å². The van der Waals surface area contributed by atoms with E-state index in [9.17, 15) is 0 Å². The van der Waals surface area contributed by atoms with Gasteiger partial charge in [0.05, 0.1) is 0 Å². The molecular weight excluding hydrogens is 204 g/mol. The summed E-state index contributed by atoms with van der Waals surface area (Å²) in [6, 6.07) is 2.03. The van der Waals surface area contributed by atoms with Crippen LogP contribution in [-0.4, -0.2) is 35.0 Å². The van der Waals surface area contributed by atoms with Gasteiger partial charge in [-0.15, -0.1) is 0 Å². The van der Waals surface area contributed by atoms with Crippen molar-refractivity contribution in [3.05, 3.63) is 24.0 Å².